The third kappa shape index (κ3) is 6.53. The van der Waals surface area contributed by atoms with Crippen LogP contribution in [-0.2, 0) is 0 Å². The van der Waals surface area contributed by atoms with Crippen LogP contribution in [0.15, 0.2) is 24.4 Å². The summed E-state index contributed by atoms with van der Waals surface area (Å²) >= 11 is 0. The molecular formula is C21H25F4N9O. The van der Waals surface area contributed by atoms with Gasteiger partial charge in [-0.15, -0.1) is 5.10 Å². The zero-order valence-electron chi connectivity index (χ0n) is 19.2. The number of nitrogens with one attached hydrogen (secondary N) is 2. The van der Waals surface area contributed by atoms with Gasteiger partial charge in [0, 0.05) is 30.9 Å². The van der Waals surface area contributed by atoms with Crippen LogP contribution < -0.4 is 15.4 Å². The van der Waals surface area contributed by atoms with Crippen LogP contribution in [0.4, 0.5) is 35.0 Å². The van der Waals surface area contributed by atoms with Crippen molar-refractivity contribution in [3.63, 3.8) is 0 Å². The first-order valence-corrected chi connectivity index (χ1v) is 11.0. The van der Waals surface area contributed by atoms with Crippen molar-refractivity contribution < 1.29 is 22.3 Å². The number of likely N-dealkylation sites (tertiary alicyclic amines) is 1. The van der Waals surface area contributed by atoms with Gasteiger partial charge in [0.2, 0.25) is 5.95 Å². The van der Waals surface area contributed by atoms with E-state index < -0.39 is 18.5 Å². The lowest BCUT2D eigenvalue weighted by Crippen LogP contribution is -2.43. The number of hydrogen-bond acceptors (Lipinski definition) is 9. The Balaban J connectivity index is 1.45. The number of rotatable bonds is 8. The third-order valence-electron chi connectivity index (χ3n) is 5.56. The van der Waals surface area contributed by atoms with Crippen molar-refractivity contribution in [2.24, 2.45) is 5.92 Å². The van der Waals surface area contributed by atoms with Crippen molar-refractivity contribution >= 4 is 17.5 Å². The highest BCUT2D eigenvalue weighted by atomic mass is 19.4. The Bertz CT molecular complexity index is 1150. The van der Waals surface area contributed by atoms with Gasteiger partial charge in [0.05, 0.1) is 25.5 Å². The molecule has 0 spiro atoms. The zero-order valence-corrected chi connectivity index (χ0v) is 19.2. The summed E-state index contributed by atoms with van der Waals surface area (Å²) in [6, 6.07) is 5.21. The van der Waals surface area contributed by atoms with Crippen LogP contribution in [0.5, 0.6) is 5.75 Å². The van der Waals surface area contributed by atoms with E-state index in [2.05, 4.69) is 36.1 Å². The first kappa shape index (κ1) is 24.6. The molecule has 14 heteroatoms. The monoisotopic (exact) mass is 495 g/mol. The van der Waals surface area contributed by atoms with E-state index >= 15 is 0 Å². The maximum atomic E-state index is 14.4. The van der Waals surface area contributed by atoms with Crippen LogP contribution in [0.1, 0.15) is 18.7 Å². The second-order valence-electron chi connectivity index (χ2n) is 8.31. The number of piperidine rings is 1. The molecule has 0 bridgehead atoms. The number of ether oxygens (including phenoxy) is 1. The molecule has 0 radical (unpaired) electrons. The van der Waals surface area contributed by atoms with E-state index in [0.717, 1.165) is 12.6 Å². The van der Waals surface area contributed by atoms with Crippen LogP contribution >= 0.6 is 0 Å². The summed E-state index contributed by atoms with van der Waals surface area (Å²) in [6.45, 7) is 1.80. The van der Waals surface area contributed by atoms with Gasteiger partial charge in [0.25, 0.3) is 0 Å². The average Bonchev–Trinajstić information content (AvgIpc) is 3.24. The van der Waals surface area contributed by atoms with Gasteiger partial charge in [-0.05, 0) is 48.7 Å². The molecule has 0 unspecified atom stereocenters. The highest BCUT2D eigenvalue weighted by Gasteiger charge is 2.33. The van der Waals surface area contributed by atoms with Gasteiger partial charge in [-0.2, -0.15) is 22.8 Å². The van der Waals surface area contributed by atoms with E-state index in [1.165, 1.54) is 16.7 Å². The van der Waals surface area contributed by atoms with E-state index in [1.54, 1.807) is 25.1 Å². The minimum atomic E-state index is -4.24. The summed E-state index contributed by atoms with van der Waals surface area (Å²) in [5.41, 5.74) is 1.19. The lowest BCUT2D eigenvalue weighted by molar-refractivity contribution is -0.149. The Morgan fingerprint density at radius 2 is 2.06 bits per heavy atom. The highest BCUT2D eigenvalue weighted by molar-refractivity contribution is 5.61. The van der Waals surface area contributed by atoms with Crippen molar-refractivity contribution in [2.45, 2.75) is 25.9 Å². The Kier molecular flexibility index (Phi) is 7.28. The Hall–Kier alpha value is -3.55. The first-order chi connectivity index (χ1) is 16.7. The highest BCUT2D eigenvalue weighted by Crippen LogP contribution is 2.26. The number of halogens is 4. The molecule has 2 aromatic heterocycles. The fraction of sp³-hybridized carbons (Fsp3) is 0.476. The SMILES string of the molecule is COc1cc(Nc2ncc(F)c(NC[C@@H]3CCCN(CC(F)(F)F)C3)n2)cc(-n2nnnc2C)c1. The number of aromatic nitrogens is 6. The molecule has 0 aliphatic carbocycles. The molecule has 1 fully saturated rings. The zero-order chi connectivity index (χ0) is 25.0. The molecule has 1 aliphatic rings. The van der Waals surface area contributed by atoms with Crippen molar-refractivity contribution in [1.82, 2.24) is 35.1 Å². The van der Waals surface area contributed by atoms with E-state index in [-0.39, 0.29) is 24.2 Å². The Morgan fingerprint density at radius 1 is 1.23 bits per heavy atom. The lowest BCUT2D eigenvalue weighted by Gasteiger charge is -2.33. The number of anilines is 3. The van der Waals surface area contributed by atoms with Crippen LogP contribution in [0, 0.1) is 18.7 Å². The van der Waals surface area contributed by atoms with Crippen molar-refractivity contribution in [2.75, 3.05) is 43.9 Å². The van der Waals surface area contributed by atoms with E-state index in [4.69, 9.17) is 4.74 Å². The van der Waals surface area contributed by atoms with Crippen LogP contribution in [-0.4, -0.2) is 74.5 Å². The summed E-state index contributed by atoms with van der Waals surface area (Å²) in [5, 5.41) is 17.4. The molecule has 35 heavy (non-hydrogen) atoms. The molecule has 1 aromatic carbocycles. The molecule has 1 saturated heterocycles. The van der Waals surface area contributed by atoms with Crippen molar-refractivity contribution in [3.8, 4) is 11.4 Å². The van der Waals surface area contributed by atoms with E-state index in [0.29, 0.717) is 42.5 Å². The fourth-order valence-electron chi connectivity index (χ4n) is 4.00. The third-order valence-corrected chi connectivity index (χ3v) is 5.56. The molecule has 0 saturated carbocycles. The van der Waals surface area contributed by atoms with Gasteiger partial charge in [-0.1, -0.05) is 0 Å². The fourth-order valence-corrected chi connectivity index (χ4v) is 4.00. The molecule has 0 amide bonds. The smallest absolute Gasteiger partial charge is 0.401 e. The summed E-state index contributed by atoms with van der Waals surface area (Å²) in [6.07, 6.45) is -1.80. The molecular weight excluding hydrogens is 470 g/mol. The van der Waals surface area contributed by atoms with Crippen LogP contribution in [0.3, 0.4) is 0 Å². The molecule has 188 valence electrons. The van der Waals surface area contributed by atoms with Gasteiger partial charge < -0.3 is 15.4 Å². The number of nitrogens with zero attached hydrogens (tertiary/aromatic N) is 7. The van der Waals surface area contributed by atoms with Crippen LogP contribution in [0.25, 0.3) is 5.69 Å². The topological polar surface area (TPSA) is 106 Å². The maximum absolute atomic E-state index is 14.4. The van der Waals surface area contributed by atoms with Gasteiger partial charge in [0.15, 0.2) is 17.5 Å². The molecule has 1 atom stereocenters. The molecule has 10 nitrogen and oxygen atoms in total. The van der Waals surface area contributed by atoms with Gasteiger partial charge in [-0.3, -0.25) is 4.90 Å². The summed E-state index contributed by atoms with van der Waals surface area (Å²) in [4.78, 5) is 9.58. The molecule has 4 rings (SSSR count). The quantitative estimate of drug-likeness (QED) is 0.455. The number of hydrogen-bond donors (Lipinski definition) is 2. The van der Waals surface area contributed by atoms with Gasteiger partial charge in [0.1, 0.15) is 5.75 Å². The number of tetrazole rings is 1. The minimum Gasteiger partial charge on any atom is -0.497 e. The molecule has 3 heterocycles. The average molecular weight is 495 g/mol. The summed E-state index contributed by atoms with van der Waals surface area (Å²) in [5.74, 6) is 0.483. The lowest BCUT2D eigenvalue weighted by atomic mass is 9.98. The van der Waals surface area contributed by atoms with Crippen molar-refractivity contribution in [1.29, 1.82) is 0 Å². The maximum Gasteiger partial charge on any atom is 0.401 e. The molecule has 2 N–H and O–H groups in total. The number of aryl methyl sites for hydroxylation is 1. The molecule has 1 aliphatic heterocycles. The second kappa shape index (κ2) is 10.4. The predicted molar refractivity (Wildman–Crippen MR) is 119 cm³/mol. The standard InChI is InChI=1S/C21H25F4N9O/c1-13-30-31-32-34(13)16-6-15(7-17(8-16)35-2)28-20-27-10-18(22)19(29-20)26-9-14-4-3-5-33(11-14)12-21(23,24)25/h6-8,10,14H,3-5,9,11-12H2,1-2H3,(H2,26,27,28,29)/t14-/m0/s1. The second-order valence-corrected chi connectivity index (χ2v) is 8.31. The first-order valence-electron chi connectivity index (χ1n) is 11.0. The number of methoxy groups -OCH3 is 1. The van der Waals surface area contributed by atoms with Gasteiger partial charge >= 0.3 is 6.18 Å². The van der Waals surface area contributed by atoms with Gasteiger partial charge in [-0.25, -0.2) is 9.37 Å². The number of alkyl halides is 3. The normalized spacial score (nSPS) is 16.8. The minimum absolute atomic E-state index is 0.0325. The van der Waals surface area contributed by atoms with Crippen molar-refractivity contribution in [3.05, 3.63) is 36.0 Å². The predicted octanol–water partition coefficient (Wildman–Crippen LogP) is 3.34. The largest absolute Gasteiger partial charge is 0.497 e. The van der Waals surface area contributed by atoms with E-state index in [9.17, 15) is 17.6 Å². The Labute approximate surface area is 198 Å². The van der Waals surface area contributed by atoms with Crippen LogP contribution in [0.2, 0.25) is 0 Å². The molecule has 3 aromatic rings. The summed E-state index contributed by atoms with van der Waals surface area (Å²) in [7, 11) is 1.52. The number of benzene rings is 1. The Morgan fingerprint density at radius 3 is 2.77 bits per heavy atom. The summed E-state index contributed by atoms with van der Waals surface area (Å²) < 4.78 is 59.4. The van der Waals surface area contributed by atoms with E-state index in [1.807, 2.05) is 0 Å².